The van der Waals surface area contributed by atoms with Crippen LogP contribution in [0.4, 0.5) is 5.69 Å². The topological polar surface area (TPSA) is 75.3 Å². The number of halogens is 1. The highest BCUT2D eigenvalue weighted by Gasteiger charge is 2.25. The first-order valence-electron chi connectivity index (χ1n) is 7.14. The molecular formula is C16H15ClN2O3S. The third kappa shape index (κ3) is 3.83. The Morgan fingerprint density at radius 3 is 2.43 bits per heavy atom. The zero-order valence-electron chi connectivity index (χ0n) is 12.1. The van der Waals surface area contributed by atoms with Crippen LogP contribution in [0, 0.1) is 0 Å². The van der Waals surface area contributed by atoms with Crippen molar-refractivity contribution in [3.05, 3.63) is 59.1 Å². The molecule has 1 aliphatic carbocycles. The fraction of sp³-hybridized carbons (Fsp3) is 0.188. The summed E-state index contributed by atoms with van der Waals surface area (Å²) in [5, 5.41) is 2.89. The van der Waals surface area contributed by atoms with E-state index in [0.717, 1.165) is 12.8 Å². The molecule has 0 radical (unpaired) electrons. The third-order valence-electron chi connectivity index (χ3n) is 3.42. The Kier molecular flexibility index (Phi) is 4.28. The van der Waals surface area contributed by atoms with Gasteiger partial charge in [0.2, 0.25) is 0 Å². The molecule has 1 fully saturated rings. The normalized spacial score (nSPS) is 14.3. The SMILES string of the molecule is O=C(NC1CC1)c1ccc(Cl)c(S(=O)(=O)Nc2ccccc2)c1. The van der Waals surface area contributed by atoms with Gasteiger partial charge in [0.25, 0.3) is 15.9 Å². The van der Waals surface area contributed by atoms with Crippen molar-refractivity contribution in [1.29, 1.82) is 0 Å². The van der Waals surface area contributed by atoms with E-state index >= 15 is 0 Å². The molecule has 1 saturated carbocycles. The first-order chi connectivity index (χ1) is 11.0. The lowest BCUT2D eigenvalue weighted by molar-refractivity contribution is 0.0951. The fourth-order valence-electron chi connectivity index (χ4n) is 2.06. The summed E-state index contributed by atoms with van der Waals surface area (Å²) in [5.74, 6) is -0.291. The van der Waals surface area contributed by atoms with Gasteiger partial charge in [0.15, 0.2) is 0 Å². The standard InChI is InChI=1S/C16H15ClN2O3S/c17-14-9-6-11(16(20)18-12-7-8-12)10-15(14)23(21,22)19-13-4-2-1-3-5-13/h1-6,9-10,12,19H,7-8H2,(H,18,20). The summed E-state index contributed by atoms with van der Waals surface area (Å²) < 4.78 is 27.5. The summed E-state index contributed by atoms with van der Waals surface area (Å²) in [5.41, 5.74) is 0.700. The molecule has 0 aliphatic heterocycles. The van der Waals surface area contributed by atoms with Crippen molar-refractivity contribution < 1.29 is 13.2 Å². The van der Waals surface area contributed by atoms with E-state index in [9.17, 15) is 13.2 Å². The predicted octanol–water partition coefficient (Wildman–Crippen LogP) is 3.03. The van der Waals surface area contributed by atoms with Crippen LogP contribution in [0.3, 0.4) is 0 Å². The lowest BCUT2D eigenvalue weighted by Crippen LogP contribution is -2.25. The van der Waals surface area contributed by atoms with Crippen LogP contribution in [-0.4, -0.2) is 20.4 Å². The minimum atomic E-state index is -3.87. The maximum absolute atomic E-state index is 12.5. The van der Waals surface area contributed by atoms with E-state index in [-0.39, 0.29) is 27.4 Å². The number of hydrogen-bond acceptors (Lipinski definition) is 3. The smallest absolute Gasteiger partial charge is 0.263 e. The lowest BCUT2D eigenvalue weighted by atomic mass is 10.2. The van der Waals surface area contributed by atoms with Gasteiger partial charge in [-0.1, -0.05) is 29.8 Å². The number of para-hydroxylation sites is 1. The maximum atomic E-state index is 12.5. The van der Waals surface area contributed by atoms with Crippen LogP contribution in [0.5, 0.6) is 0 Å². The molecule has 23 heavy (non-hydrogen) atoms. The fourth-order valence-corrected chi connectivity index (χ4v) is 3.65. The number of carbonyl (C=O) groups excluding carboxylic acids is 1. The number of hydrogen-bond donors (Lipinski definition) is 2. The van der Waals surface area contributed by atoms with Crippen LogP contribution >= 0.6 is 11.6 Å². The molecule has 0 aromatic heterocycles. The highest BCUT2D eigenvalue weighted by Crippen LogP contribution is 2.26. The minimum Gasteiger partial charge on any atom is -0.349 e. The van der Waals surface area contributed by atoms with Gasteiger partial charge in [0.1, 0.15) is 4.90 Å². The summed E-state index contributed by atoms with van der Waals surface area (Å²) in [6.45, 7) is 0. The molecule has 0 spiro atoms. The quantitative estimate of drug-likeness (QED) is 0.870. The van der Waals surface area contributed by atoms with Gasteiger partial charge in [0, 0.05) is 17.3 Å². The zero-order valence-corrected chi connectivity index (χ0v) is 13.7. The van der Waals surface area contributed by atoms with Crippen LogP contribution in [-0.2, 0) is 10.0 Å². The molecule has 0 saturated heterocycles. The Morgan fingerprint density at radius 2 is 1.78 bits per heavy atom. The van der Waals surface area contributed by atoms with Gasteiger partial charge in [-0.05, 0) is 43.2 Å². The second-order valence-corrected chi connectivity index (χ2v) is 7.42. The first-order valence-corrected chi connectivity index (χ1v) is 9.00. The molecule has 5 nitrogen and oxygen atoms in total. The van der Waals surface area contributed by atoms with Gasteiger partial charge < -0.3 is 5.32 Å². The zero-order chi connectivity index (χ0) is 16.4. The van der Waals surface area contributed by atoms with Crippen molar-refractivity contribution in [3.8, 4) is 0 Å². The van der Waals surface area contributed by atoms with Gasteiger partial charge >= 0.3 is 0 Å². The van der Waals surface area contributed by atoms with E-state index in [1.807, 2.05) is 0 Å². The number of benzene rings is 2. The number of rotatable bonds is 5. The highest BCUT2D eigenvalue weighted by molar-refractivity contribution is 7.92. The molecule has 0 heterocycles. The third-order valence-corrected chi connectivity index (χ3v) is 5.28. The van der Waals surface area contributed by atoms with E-state index in [4.69, 9.17) is 11.6 Å². The molecule has 0 unspecified atom stereocenters. The van der Waals surface area contributed by atoms with E-state index in [2.05, 4.69) is 10.0 Å². The summed E-state index contributed by atoms with van der Waals surface area (Å²) in [6, 6.07) is 12.9. The number of nitrogens with one attached hydrogen (secondary N) is 2. The molecule has 2 N–H and O–H groups in total. The largest absolute Gasteiger partial charge is 0.349 e. The van der Waals surface area contributed by atoms with E-state index in [0.29, 0.717) is 5.69 Å². The molecule has 1 amide bonds. The van der Waals surface area contributed by atoms with E-state index in [1.54, 1.807) is 30.3 Å². The Bertz CT molecular complexity index is 834. The van der Waals surface area contributed by atoms with Crippen molar-refractivity contribution in [2.75, 3.05) is 4.72 Å². The maximum Gasteiger partial charge on any atom is 0.263 e. The van der Waals surface area contributed by atoms with Crippen molar-refractivity contribution in [2.24, 2.45) is 0 Å². The number of sulfonamides is 1. The van der Waals surface area contributed by atoms with Crippen molar-refractivity contribution in [2.45, 2.75) is 23.8 Å². The van der Waals surface area contributed by atoms with Crippen molar-refractivity contribution >= 4 is 33.2 Å². The van der Waals surface area contributed by atoms with Gasteiger partial charge in [-0.2, -0.15) is 0 Å². The van der Waals surface area contributed by atoms with Crippen LogP contribution < -0.4 is 10.0 Å². The molecule has 3 rings (SSSR count). The van der Waals surface area contributed by atoms with Crippen LogP contribution in [0.25, 0.3) is 0 Å². The second kappa shape index (κ2) is 6.22. The number of anilines is 1. The van der Waals surface area contributed by atoms with E-state index < -0.39 is 10.0 Å². The molecule has 7 heteroatoms. The van der Waals surface area contributed by atoms with Crippen LogP contribution in [0.15, 0.2) is 53.4 Å². The highest BCUT2D eigenvalue weighted by atomic mass is 35.5. The molecular weight excluding hydrogens is 336 g/mol. The molecule has 1 aliphatic rings. The van der Waals surface area contributed by atoms with Gasteiger partial charge in [-0.3, -0.25) is 9.52 Å². The second-order valence-electron chi connectivity index (χ2n) is 5.36. The monoisotopic (exact) mass is 350 g/mol. The van der Waals surface area contributed by atoms with Crippen molar-refractivity contribution in [3.63, 3.8) is 0 Å². The predicted molar refractivity (Wildman–Crippen MR) is 89.2 cm³/mol. The number of carbonyl (C=O) groups is 1. The Morgan fingerprint density at radius 1 is 1.09 bits per heavy atom. The molecule has 0 bridgehead atoms. The Balaban J connectivity index is 1.89. The average molecular weight is 351 g/mol. The summed E-state index contributed by atoms with van der Waals surface area (Å²) in [7, 11) is -3.87. The molecule has 120 valence electrons. The summed E-state index contributed by atoms with van der Waals surface area (Å²) in [4.78, 5) is 12.0. The Hall–Kier alpha value is -2.05. The summed E-state index contributed by atoms with van der Waals surface area (Å²) in [6.07, 6.45) is 1.92. The average Bonchev–Trinajstić information content (AvgIpc) is 3.32. The Labute approximate surface area is 139 Å². The van der Waals surface area contributed by atoms with Crippen molar-refractivity contribution in [1.82, 2.24) is 5.32 Å². The summed E-state index contributed by atoms with van der Waals surface area (Å²) >= 11 is 6.02. The van der Waals surface area contributed by atoms with Gasteiger partial charge in [-0.15, -0.1) is 0 Å². The number of amides is 1. The van der Waals surface area contributed by atoms with Crippen LogP contribution in [0.1, 0.15) is 23.2 Å². The van der Waals surface area contributed by atoms with Gasteiger partial charge in [0.05, 0.1) is 5.02 Å². The lowest BCUT2D eigenvalue weighted by Gasteiger charge is -2.11. The molecule has 2 aromatic carbocycles. The van der Waals surface area contributed by atoms with E-state index in [1.165, 1.54) is 18.2 Å². The molecule has 0 atom stereocenters. The molecule has 2 aromatic rings. The minimum absolute atomic E-state index is 0.0661. The first kappa shape index (κ1) is 15.8. The van der Waals surface area contributed by atoms with Gasteiger partial charge in [-0.25, -0.2) is 8.42 Å². The van der Waals surface area contributed by atoms with Crippen LogP contribution in [0.2, 0.25) is 5.02 Å².